The molecule has 550 valence electrons. The number of benzene rings is 2. The third kappa shape index (κ3) is 17.9. The Morgan fingerprint density at radius 2 is 0.833 bits per heavy atom. The van der Waals surface area contributed by atoms with Crippen LogP contribution in [0.4, 0.5) is 85.7 Å². The Kier molecular flexibility index (Phi) is 21.5. The van der Waals surface area contributed by atoms with E-state index in [9.17, 15) is 49.1 Å². The average Bonchev–Trinajstić information content (AvgIpc) is 1.61. The Labute approximate surface area is 613 Å². The topological polar surface area (TPSA) is 332 Å². The number of rotatable bonds is 17. The van der Waals surface area contributed by atoms with Crippen molar-refractivity contribution in [2.24, 2.45) is 0 Å². The molecule has 14 aromatic rings. The molecule has 108 heavy (non-hydrogen) atoms. The summed E-state index contributed by atoms with van der Waals surface area (Å²) < 4.78 is 134. The second-order valence-corrected chi connectivity index (χ2v) is 24.2. The third-order valence-electron chi connectivity index (χ3n) is 15.5. The monoisotopic (exact) mass is 1550 g/mol. The summed E-state index contributed by atoms with van der Waals surface area (Å²) in [5.41, 5.74) is 2.83. The highest BCUT2D eigenvalue weighted by Crippen LogP contribution is 2.36. The van der Waals surface area contributed by atoms with Crippen LogP contribution in [-0.2, 0) is 41.2 Å². The lowest BCUT2D eigenvalue weighted by Gasteiger charge is -2.12. The second kappa shape index (κ2) is 31.2. The van der Waals surface area contributed by atoms with Gasteiger partial charge in [0, 0.05) is 61.6 Å². The van der Waals surface area contributed by atoms with Crippen LogP contribution < -0.4 is 36.1 Å². The fourth-order valence-corrected chi connectivity index (χ4v) is 11.0. The van der Waals surface area contributed by atoms with Crippen molar-refractivity contribution in [2.45, 2.75) is 66.2 Å². The number of imidazole rings is 3. The summed E-state index contributed by atoms with van der Waals surface area (Å²) in [6.07, 6.45) is -9.24. The first-order valence-corrected chi connectivity index (χ1v) is 32.8. The molecule has 0 aliphatic rings. The van der Waals surface area contributed by atoms with E-state index in [1.54, 1.807) is 70.7 Å². The summed E-state index contributed by atoms with van der Waals surface area (Å²) in [6, 6.07) is 35.7. The zero-order valence-electron chi connectivity index (χ0n) is 57.4. The number of aromatic nitrogens is 18. The van der Waals surface area contributed by atoms with Gasteiger partial charge in [-0.05, 0) is 133 Å². The lowest BCUT2D eigenvalue weighted by Crippen LogP contribution is -2.09. The number of amides is 2. The molecular formula is C71H57BrF9N23O4. The van der Waals surface area contributed by atoms with Gasteiger partial charge in [0.05, 0.1) is 27.3 Å². The van der Waals surface area contributed by atoms with E-state index >= 15 is 0 Å². The van der Waals surface area contributed by atoms with Crippen LogP contribution in [0.5, 0.6) is 11.5 Å². The number of anilines is 8. The van der Waals surface area contributed by atoms with E-state index < -0.39 is 35.6 Å². The molecule has 0 spiro atoms. The maximum atomic E-state index is 13.4. The number of halogens is 10. The molecule has 14 rings (SSSR count). The van der Waals surface area contributed by atoms with Crippen molar-refractivity contribution in [2.75, 3.05) is 40.8 Å². The van der Waals surface area contributed by atoms with Crippen molar-refractivity contribution in [3.63, 3.8) is 0 Å². The molecule has 0 radical (unpaired) electrons. The number of nitrogens with zero attached hydrogens (tertiary/aromatic N) is 17. The standard InChI is InChI=1S/C27H23F3N8O2.C25H19BrF3N7O.C19H15F3N8O/c1-15-32-23-25(34-18-11-12-31-22(13-18)33-16(2)39)36-24(20-5-4-6-21(35-20)27(28,29)30)37-26(23)38(15)14-17-7-9-19(40-3)10-8-17;1-14-31-21-23(32-16-10-11-30-20(26)12-16)34-22(18-4-3-5-19(33-18)25(27,28)29)35-24(21)36(14)13-15-6-8-17(37-2)9-7-15;1-9-24-15-17(25-9)29-16(12-4-3-5-13(28-12)19(20,21)22)30-18(15)27-11-6-7-23-14(8-11)26-10(2)31/h4-13H,14H2,1-3H3,(H2,31,33,34,36,37,39);3-12H,13H2,1-2H3,(H,30,32,34,35);3-8H,1-2H3,(H3,23,24,25,26,27,29,30,31). The minimum atomic E-state index is -4.63. The number of aryl methyl sites for hydroxylation is 3. The van der Waals surface area contributed by atoms with Gasteiger partial charge in [-0.1, -0.05) is 42.5 Å². The van der Waals surface area contributed by atoms with E-state index in [2.05, 4.69) is 122 Å². The van der Waals surface area contributed by atoms with Gasteiger partial charge in [0.25, 0.3) is 0 Å². The summed E-state index contributed by atoms with van der Waals surface area (Å²) in [5, 5.41) is 14.6. The SMILES string of the molecule is CC(=O)Nc1cc(Nc2nc(-c3cccc(C(F)(F)F)n3)nc3nc(C)[nH]c23)ccn1.COc1ccc(Cn2c(C)nc3c(Nc4ccnc(Br)c4)nc(-c4cccc(C(F)(F)F)n4)nc32)cc1.COc1ccc(Cn2c(C)nc3c(Nc4ccnc(NC(C)=O)c4)nc(-c4cccc(C(F)(F)F)n4)nc32)cc1. The minimum Gasteiger partial charge on any atom is -0.497 e. The predicted octanol–water partition coefficient (Wildman–Crippen LogP) is 15.4. The quantitative estimate of drug-likeness (QED) is 0.0364. The minimum absolute atomic E-state index is 0.00876. The highest BCUT2D eigenvalue weighted by molar-refractivity contribution is 9.10. The largest absolute Gasteiger partial charge is 0.497 e. The zero-order chi connectivity index (χ0) is 76.8. The summed E-state index contributed by atoms with van der Waals surface area (Å²) in [6.45, 7) is 8.90. The first kappa shape index (κ1) is 74.5. The Hall–Kier alpha value is -13.2. The van der Waals surface area contributed by atoms with Crippen LogP contribution in [0.2, 0.25) is 0 Å². The predicted molar refractivity (Wildman–Crippen MR) is 384 cm³/mol. The Morgan fingerprint density at radius 1 is 0.454 bits per heavy atom. The van der Waals surface area contributed by atoms with Gasteiger partial charge < -0.3 is 50.2 Å². The molecule has 27 nitrogen and oxygen atoms in total. The van der Waals surface area contributed by atoms with Gasteiger partial charge in [-0.25, -0.2) is 74.8 Å². The molecule has 0 saturated heterocycles. The molecule has 6 N–H and O–H groups in total. The van der Waals surface area contributed by atoms with E-state index in [1.165, 1.54) is 62.6 Å². The molecule has 2 aromatic carbocycles. The van der Waals surface area contributed by atoms with E-state index in [0.717, 1.165) is 35.1 Å². The Balaban J connectivity index is 0.000000153. The van der Waals surface area contributed by atoms with Crippen LogP contribution in [0.25, 0.3) is 68.0 Å². The van der Waals surface area contributed by atoms with Gasteiger partial charge in [-0.15, -0.1) is 0 Å². The smallest absolute Gasteiger partial charge is 0.433 e. The fraction of sp³-hybridized carbons (Fsp3) is 0.169. The number of ether oxygens (including phenoxy) is 2. The van der Waals surface area contributed by atoms with E-state index in [0.29, 0.717) is 103 Å². The summed E-state index contributed by atoms with van der Waals surface area (Å²) in [4.78, 5) is 89.7. The van der Waals surface area contributed by atoms with Crippen molar-refractivity contribution >= 4 is 107 Å². The van der Waals surface area contributed by atoms with Gasteiger partial charge in [0.2, 0.25) is 11.8 Å². The normalized spacial score (nSPS) is 11.5. The van der Waals surface area contributed by atoms with Gasteiger partial charge in [-0.2, -0.15) is 39.5 Å². The van der Waals surface area contributed by atoms with Gasteiger partial charge >= 0.3 is 18.5 Å². The molecule has 0 bridgehead atoms. The number of methoxy groups -OCH3 is 2. The number of pyridine rings is 6. The van der Waals surface area contributed by atoms with E-state index in [4.69, 9.17) is 9.47 Å². The third-order valence-corrected chi connectivity index (χ3v) is 15.9. The molecule has 12 aromatic heterocycles. The molecule has 2 amide bonds. The van der Waals surface area contributed by atoms with Crippen molar-refractivity contribution in [3.05, 3.63) is 208 Å². The number of nitrogens with one attached hydrogen (secondary N) is 6. The van der Waals surface area contributed by atoms with Crippen LogP contribution in [0.3, 0.4) is 0 Å². The second-order valence-electron chi connectivity index (χ2n) is 23.4. The van der Waals surface area contributed by atoms with Crippen LogP contribution in [0.15, 0.2) is 163 Å². The van der Waals surface area contributed by atoms with Crippen molar-refractivity contribution in [1.29, 1.82) is 0 Å². The number of aromatic amines is 1. The molecule has 0 aliphatic heterocycles. The number of fused-ring (bicyclic) bond motifs is 3. The van der Waals surface area contributed by atoms with E-state index in [-0.39, 0.29) is 63.7 Å². The number of hydrogen-bond donors (Lipinski definition) is 6. The van der Waals surface area contributed by atoms with Gasteiger partial charge in [0.15, 0.2) is 62.9 Å². The number of alkyl halides is 9. The summed E-state index contributed by atoms with van der Waals surface area (Å²) >= 11 is 3.34. The molecule has 0 atom stereocenters. The Morgan fingerprint density at radius 3 is 1.22 bits per heavy atom. The fourth-order valence-electron chi connectivity index (χ4n) is 10.6. The van der Waals surface area contributed by atoms with Gasteiger partial charge in [-0.3, -0.25) is 9.59 Å². The van der Waals surface area contributed by atoms with Crippen molar-refractivity contribution in [3.8, 4) is 46.1 Å². The first-order chi connectivity index (χ1) is 51.5. The van der Waals surface area contributed by atoms with Crippen LogP contribution in [-0.4, -0.2) is 115 Å². The van der Waals surface area contributed by atoms with Gasteiger partial charge in [0.1, 0.15) is 84.9 Å². The highest BCUT2D eigenvalue weighted by Gasteiger charge is 2.35. The zero-order valence-corrected chi connectivity index (χ0v) is 59.0. The number of hydrogen-bond acceptors (Lipinski definition) is 22. The maximum absolute atomic E-state index is 13.4. The number of H-pyrrole nitrogens is 1. The molecule has 0 fully saturated rings. The molecular weight excluding hydrogens is 1490 g/mol. The van der Waals surface area contributed by atoms with Crippen molar-refractivity contribution in [1.82, 2.24) is 88.9 Å². The molecule has 12 heterocycles. The molecule has 37 heteroatoms. The number of carbonyl (C=O) groups excluding carboxylic acids is 2. The number of carbonyl (C=O) groups is 2. The Bertz CT molecular complexity index is 5660. The highest BCUT2D eigenvalue weighted by atomic mass is 79.9. The average molecular weight is 1550 g/mol. The summed E-state index contributed by atoms with van der Waals surface area (Å²) in [7, 11) is 3.18. The lowest BCUT2D eigenvalue weighted by molar-refractivity contribution is -0.141. The molecule has 0 aliphatic carbocycles. The van der Waals surface area contributed by atoms with Crippen LogP contribution in [0.1, 0.15) is 59.5 Å². The first-order valence-electron chi connectivity index (χ1n) is 32.0. The maximum Gasteiger partial charge on any atom is 0.433 e. The molecule has 0 unspecified atom stereocenters. The summed E-state index contributed by atoms with van der Waals surface area (Å²) in [5.74, 6) is 4.16. The van der Waals surface area contributed by atoms with Crippen LogP contribution in [0, 0.1) is 20.8 Å². The van der Waals surface area contributed by atoms with Crippen molar-refractivity contribution < 1.29 is 58.6 Å². The van der Waals surface area contributed by atoms with Crippen LogP contribution >= 0.6 is 15.9 Å². The van der Waals surface area contributed by atoms with E-state index in [1.807, 2.05) is 64.6 Å². The lowest BCUT2D eigenvalue weighted by atomic mass is 10.2. The molecule has 0 saturated carbocycles.